The van der Waals surface area contributed by atoms with Gasteiger partial charge in [0.1, 0.15) is 5.75 Å². The summed E-state index contributed by atoms with van der Waals surface area (Å²) >= 11 is 0. The first-order valence-electron chi connectivity index (χ1n) is 10.6. The molecule has 1 aliphatic rings. The van der Waals surface area contributed by atoms with Crippen LogP contribution in [0.1, 0.15) is 43.7 Å². The Morgan fingerprint density at radius 2 is 1.90 bits per heavy atom. The molecule has 1 fully saturated rings. The zero-order valence-electron chi connectivity index (χ0n) is 18.3. The minimum Gasteiger partial charge on any atom is -0.504 e. The molecular weight excluding hydrogens is 396 g/mol. The molecule has 31 heavy (non-hydrogen) atoms. The molecule has 0 aromatic heterocycles. The maximum atomic E-state index is 12.5. The lowest BCUT2D eigenvalue weighted by Crippen LogP contribution is -2.44. The quantitative estimate of drug-likeness (QED) is 0.728. The molecule has 0 atom stereocenters. The second-order valence-corrected chi connectivity index (χ2v) is 8.08. The summed E-state index contributed by atoms with van der Waals surface area (Å²) in [6.45, 7) is 5.50. The molecule has 2 aromatic rings. The topological polar surface area (TPSA) is 88.1 Å². The van der Waals surface area contributed by atoms with Crippen molar-refractivity contribution in [2.24, 2.45) is 5.92 Å². The van der Waals surface area contributed by atoms with E-state index in [0.717, 1.165) is 11.1 Å². The van der Waals surface area contributed by atoms with Crippen molar-refractivity contribution in [1.82, 2.24) is 10.2 Å². The first-order chi connectivity index (χ1) is 14.9. The van der Waals surface area contributed by atoms with Crippen LogP contribution in [0.4, 0.5) is 4.79 Å². The number of hydrogen-bond acceptors (Lipinski definition) is 5. The van der Waals surface area contributed by atoms with Crippen LogP contribution in [0.2, 0.25) is 0 Å². The van der Waals surface area contributed by atoms with Gasteiger partial charge in [0.05, 0.1) is 7.11 Å². The zero-order valence-corrected chi connectivity index (χ0v) is 18.3. The number of nitrogens with zero attached hydrogens (tertiary/aromatic N) is 1. The SMILES string of the molecule is COc1cc(CNC(=O)C2CCN(C(=O)Oc3cccc(C(C)C)c3)CC2)ccc1O. The summed E-state index contributed by atoms with van der Waals surface area (Å²) in [6.07, 6.45) is 0.800. The molecule has 7 nitrogen and oxygen atoms in total. The van der Waals surface area contributed by atoms with Gasteiger partial charge in [-0.15, -0.1) is 0 Å². The number of carbonyl (C=O) groups excluding carboxylic acids is 2. The molecule has 0 unspecified atom stereocenters. The summed E-state index contributed by atoms with van der Waals surface area (Å²) in [7, 11) is 1.48. The molecule has 1 saturated heterocycles. The lowest BCUT2D eigenvalue weighted by molar-refractivity contribution is -0.126. The first-order valence-corrected chi connectivity index (χ1v) is 10.6. The summed E-state index contributed by atoms with van der Waals surface area (Å²) in [5, 5.41) is 12.6. The van der Waals surface area contributed by atoms with E-state index in [0.29, 0.717) is 49.9 Å². The fraction of sp³-hybridized carbons (Fsp3) is 0.417. The highest BCUT2D eigenvalue weighted by molar-refractivity contribution is 5.79. The number of ether oxygens (including phenoxy) is 2. The van der Waals surface area contributed by atoms with Crippen molar-refractivity contribution in [3.8, 4) is 17.2 Å². The van der Waals surface area contributed by atoms with Gasteiger partial charge in [0.25, 0.3) is 0 Å². The van der Waals surface area contributed by atoms with Crippen molar-refractivity contribution in [2.75, 3.05) is 20.2 Å². The van der Waals surface area contributed by atoms with Crippen LogP contribution in [-0.2, 0) is 11.3 Å². The van der Waals surface area contributed by atoms with Gasteiger partial charge in [-0.2, -0.15) is 0 Å². The summed E-state index contributed by atoms with van der Waals surface area (Å²) in [5.41, 5.74) is 1.96. The molecule has 0 saturated carbocycles. The van der Waals surface area contributed by atoms with Crippen molar-refractivity contribution in [1.29, 1.82) is 0 Å². The van der Waals surface area contributed by atoms with E-state index in [1.165, 1.54) is 7.11 Å². The molecule has 0 radical (unpaired) electrons. The minimum absolute atomic E-state index is 0.0373. The molecule has 166 valence electrons. The maximum absolute atomic E-state index is 12.5. The van der Waals surface area contributed by atoms with Crippen molar-refractivity contribution >= 4 is 12.0 Å². The fourth-order valence-corrected chi connectivity index (χ4v) is 3.59. The van der Waals surface area contributed by atoms with E-state index in [4.69, 9.17) is 9.47 Å². The Balaban J connectivity index is 1.47. The normalized spacial score (nSPS) is 14.4. The van der Waals surface area contributed by atoms with Gasteiger partial charge in [-0.1, -0.05) is 32.0 Å². The zero-order chi connectivity index (χ0) is 22.4. The van der Waals surface area contributed by atoms with Gasteiger partial charge in [0, 0.05) is 25.6 Å². The van der Waals surface area contributed by atoms with E-state index in [1.54, 1.807) is 29.2 Å². The number of methoxy groups -OCH3 is 1. The molecular formula is C24H30N2O5. The van der Waals surface area contributed by atoms with Crippen LogP contribution in [0.5, 0.6) is 17.2 Å². The fourth-order valence-electron chi connectivity index (χ4n) is 3.59. The smallest absolute Gasteiger partial charge is 0.415 e. The van der Waals surface area contributed by atoms with Crippen LogP contribution in [-0.4, -0.2) is 42.2 Å². The van der Waals surface area contributed by atoms with Gasteiger partial charge < -0.3 is 24.8 Å². The van der Waals surface area contributed by atoms with E-state index in [-0.39, 0.29) is 23.7 Å². The van der Waals surface area contributed by atoms with Crippen LogP contribution in [0.25, 0.3) is 0 Å². The van der Waals surface area contributed by atoms with Crippen molar-refractivity contribution in [2.45, 2.75) is 39.2 Å². The number of nitrogens with one attached hydrogen (secondary N) is 1. The Morgan fingerprint density at radius 1 is 1.16 bits per heavy atom. The molecule has 2 aromatic carbocycles. The predicted molar refractivity (Wildman–Crippen MR) is 117 cm³/mol. The molecule has 0 aliphatic carbocycles. The number of likely N-dealkylation sites (tertiary alicyclic amines) is 1. The Labute approximate surface area is 183 Å². The largest absolute Gasteiger partial charge is 0.504 e. The monoisotopic (exact) mass is 426 g/mol. The van der Waals surface area contributed by atoms with Gasteiger partial charge in [0.2, 0.25) is 5.91 Å². The molecule has 3 rings (SSSR count). The molecule has 2 N–H and O–H groups in total. The van der Waals surface area contributed by atoms with Crippen LogP contribution >= 0.6 is 0 Å². The van der Waals surface area contributed by atoms with Crippen molar-refractivity contribution in [3.05, 3.63) is 53.6 Å². The van der Waals surface area contributed by atoms with Gasteiger partial charge in [-0.25, -0.2) is 4.79 Å². The molecule has 0 spiro atoms. The molecule has 7 heteroatoms. The summed E-state index contributed by atoms with van der Waals surface area (Å²) in [4.78, 5) is 26.7. The Bertz CT molecular complexity index is 920. The van der Waals surface area contributed by atoms with Gasteiger partial charge in [0.15, 0.2) is 11.5 Å². The number of amides is 2. The third-order valence-corrected chi connectivity index (χ3v) is 5.56. The minimum atomic E-state index is -0.379. The number of benzene rings is 2. The lowest BCUT2D eigenvalue weighted by Gasteiger charge is -2.30. The van der Waals surface area contributed by atoms with Crippen LogP contribution in [0.3, 0.4) is 0 Å². The second-order valence-electron chi connectivity index (χ2n) is 8.08. The Morgan fingerprint density at radius 3 is 2.58 bits per heavy atom. The van der Waals surface area contributed by atoms with Crippen LogP contribution in [0.15, 0.2) is 42.5 Å². The predicted octanol–water partition coefficient (Wildman–Crippen LogP) is 4.05. The van der Waals surface area contributed by atoms with Gasteiger partial charge in [-0.05, 0) is 54.2 Å². The molecule has 2 amide bonds. The molecule has 0 bridgehead atoms. The number of carbonyl (C=O) groups is 2. The van der Waals surface area contributed by atoms with E-state index >= 15 is 0 Å². The molecule has 1 heterocycles. The third-order valence-electron chi connectivity index (χ3n) is 5.56. The maximum Gasteiger partial charge on any atom is 0.415 e. The van der Waals surface area contributed by atoms with Crippen molar-refractivity contribution < 1.29 is 24.2 Å². The van der Waals surface area contributed by atoms with Gasteiger partial charge >= 0.3 is 6.09 Å². The summed E-state index contributed by atoms with van der Waals surface area (Å²) in [6, 6.07) is 12.6. The Hall–Kier alpha value is -3.22. The summed E-state index contributed by atoms with van der Waals surface area (Å²) < 4.78 is 10.6. The van der Waals surface area contributed by atoms with Crippen LogP contribution in [0, 0.1) is 5.92 Å². The summed E-state index contributed by atoms with van der Waals surface area (Å²) in [5.74, 6) is 1.15. The van der Waals surface area contributed by atoms with Crippen molar-refractivity contribution in [3.63, 3.8) is 0 Å². The molecule has 1 aliphatic heterocycles. The highest BCUT2D eigenvalue weighted by Gasteiger charge is 2.28. The van der Waals surface area contributed by atoms with Gasteiger partial charge in [-0.3, -0.25) is 4.79 Å². The average molecular weight is 427 g/mol. The highest BCUT2D eigenvalue weighted by Crippen LogP contribution is 2.26. The van der Waals surface area contributed by atoms with E-state index in [2.05, 4.69) is 19.2 Å². The lowest BCUT2D eigenvalue weighted by atomic mass is 9.96. The number of phenolic OH excluding ortho intramolecular Hbond substituents is 1. The van der Waals surface area contributed by atoms with E-state index in [1.807, 2.05) is 18.2 Å². The third kappa shape index (κ3) is 5.90. The number of phenols is 1. The standard InChI is InChI=1S/C24H30N2O5/c1-16(2)19-5-4-6-20(14-19)31-24(29)26-11-9-18(10-12-26)23(28)25-15-17-7-8-21(27)22(13-17)30-3/h4-8,13-14,16,18,27H,9-12,15H2,1-3H3,(H,25,28). The highest BCUT2D eigenvalue weighted by atomic mass is 16.6. The number of aromatic hydroxyl groups is 1. The van der Waals surface area contributed by atoms with E-state index < -0.39 is 0 Å². The second kappa shape index (κ2) is 10.2. The number of hydrogen-bond donors (Lipinski definition) is 2. The van der Waals surface area contributed by atoms with E-state index in [9.17, 15) is 14.7 Å². The first kappa shape index (κ1) is 22.5. The number of rotatable bonds is 6. The average Bonchev–Trinajstić information content (AvgIpc) is 2.78. The van der Waals surface area contributed by atoms with Crippen LogP contribution < -0.4 is 14.8 Å². The Kier molecular flexibility index (Phi) is 7.39. The number of piperidine rings is 1.